The van der Waals surface area contributed by atoms with Crippen molar-refractivity contribution in [2.45, 2.75) is 72.8 Å². The van der Waals surface area contributed by atoms with Crippen LogP contribution in [-0.4, -0.2) is 39.1 Å². The molecular weight excluding hydrogens is 484 g/mol. The first-order valence-corrected chi connectivity index (χ1v) is 13.3. The lowest BCUT2D eigenvalue weighted by Crippen LogP contribution is -2.41. The number of para-hydroxylation sites is 1. The van der Waals surface area contributed by atoms with Crippen molar-refractivity contribution < 1.29 is 28.4 Å². The SMILES string of the molecule is CCC(CNC(=O)OC(C)(C)C)C(=O)OC[n+]1ccn(CC2CCc3c(c4ccccc4n3C)C2=O)c1C. The average molecular weight is 524 g/mol. The van der Waals surface area contributed by atoms with Crippen LogP contribution in [0.5, 0.6) is 0 Å². The number of aromatic nitrogens is 3. The van der Waals surface area contributed by atoms with Crippen LogP contribution in [0.3, 0.4) is 0 Å². The van der Waals surface area contributed by atoms with Gasteiger partial charge in [0, 0.05) is 42.7 Å². The molecule has 0 saturated carbocycles. The van der Waals surface area contributed by atoms with Gasteiger partial charge in [0.2, 0.25) is 6.73 Å². The van der Waals surface area contributed by atoms with Gasteiger partial charge >= 0.3 is 12.1 Å². The lowest BCUT2D eigenvalue weighted by molar-refractivity contribution is -0.732. The Kier molecular flexibility index (Phi) is 7.94. The van der Waals surface area contributed by atoms with Gasteiger partial charge in [0.15, 0.2) is 5.78 Å². The Morgan fingerprint density at radius 3 is 2.68 bits per heavy atom. The monoisotopic (exact) mass is 523 g/mol. The first-order chi connectivity index (χ1) is 18.0. The van der Waals surface area contributed by atoms with Gasteiger partial charge in [-0.05, 0) is 46.1 Å². The summed E-state index contributed by atoms with van der Waals surface area (Å²) in [4.78, 5) is 38.1. The number of fused-ring (bicyclic) bond motifs is 3. The number of rotatable bonds is 8. The second kappa shape index (κ2) is 11.0. The highest BCUT2D eigenvalue weighted by Gasteiger charge is 2.34. The molecule has 0 bridgehead atoms. The van der Waals surface area contributed by atoms with Gasteiger partial charge in [0.1, 0.15) is 24.5 Å². The molecule has 204 valence electrons. The third kappa shape index (κ3) is 5.76. The molecule has 9 nitrogen and oxygen atoms in total. The fraction of sp³-hybridized carbons (Fsp3) is 0.517. The van der Waals surface area contributed by atoms with Crippen molar-refractivity contribution in [3.8, 4) is 0 Å². The molecule has 1 aliphatic carbocycles. The average Bonchev–Trinajstić information content (AvgIpc) is 3.36. The van der Waals surface area contributed by atoms with Crippen LogP contribution in [0, 0.1) is 18.8 Å². The number of hydrogen-bond donors (Lipinski definition) is 1. The van der Waals surface area contributed by atoms with E-state index < -0.39 is 17.6 Å². The highest BCUT2D eigenvalue weighted by molar-refractivity contribution is 6.11. The molecule has 0 radical (unpaired) electrons. The van der Waals surface area contributed by atoms with Crippen molar-refractivity contribution >= 4 is 28.7 Å². The molecule has 1 aromatic carbocycles. The Labute approximate surface area is 223 Å². The van der Waals surface area contributed by atoms with Crippen LogP contribution in [-0.2, 0) is 41.0 Å². The molecule has 1 aliphatic rings. The van der Waals surface area contributed by atoms with E-state index in [0.717, 1.165) is 40.8 Å². The zero-order valence-corrected chi connectivity index (χ0v) is 23.2. The van der Waals surface area contributed by atoms with Gasteiger partial charge in [-0.1, -0.05) is 25.1 Å². The lowest BCUT2D eigenvalue weighted by Gasteiger charge is -2.21. The third-order valence-electron chi connectivity index (χ3n) is 7.31. The molecule has 3 aromatic rings. The van der Waals surface area contributed by atoms with Crippen molar-refractivity contribution in [1.29, 1.82) is 0 Å². The first kappa shape index (κ1) is 27.4. The minimum Gasteiger partial charge on any atom is -0.444 e. The molecule has 2 unspecified atom stereocenters. The molecule has 0 fully saturated rings. The lowest BCUT2D eigenvalue weighted by atomic mass is 9.85. The number of alkyl carbamates (subject to hydrolysis) is 1. The summed E-state index contributed by atoms with van der Waals surface area (Å²) in [6.45, 7) is 9.97. The molecule has 0 spiro atoms. The molecule has 2 heterocycles. The number of carbonyl (C=O) groups excluding carboxylic acids is 3. The molecule has 38 heavy (non-hydrogen) atoms. The van der Waals surface area contributed by atoms with E-state index in [1.807, 2.05) is 60.6 Å². The maximum Gasteiger partial charge on any atom is 0.407 e. The number of carbonyl (C=O) groups is 3. The summed E-state index contributed by atoms with van der Waals surface area (Å²) in [7, 11) is 2.03. The van der Waals surface area contributed by atoms with Crippen molar-refractivity contribution in [2.75, 3.05) is 6.54 Å². The van der Waals surface area contributed by atoms with Crippen LogP contribution in [0.2, 0.25) is 0 Å². The number of imidazole rings is 1. The second-order valence-electron chi connectivity index (χ2n) is 11.0. The number of nitrogens with zero attached hydrogens (tertiary/aromatic N) is 3. The number of aryl methyl sites for hydroxylation is 1. The number of benzene rings is 1. The van der Waals surface area contributed by atoms with E-state index in [4.69, 9.17) is 9.47 Å². The summed E-state index contributed by atoms with van der Waals surface area (Å²) >= 11 is 0. The molecule has 1 amide bonds. The molecule has 4 rings (SSSR count). The van der Waals surface area contributed by atoms with Gasteiger partial charge in [0.25, 0.3) is 5.82 Å². The number of esters is 1. The highest BCUT2D eigenvalue weighted by Crippen LogP contribution is 2.34. The van der Waals surface area contributed by atoms with E-state index in [1.165, 1.54) is 0 Å². The number of nitrogens with one attached hydrogen (secondary N) is 1. The fourth-order valence-corrected chi connectivity index (χ4v) is 5.11. The second-order valence-corrected chi connectivity index (χ2v) is 11.0. The maximum absolute atomic E-state index is 13.5. The van der Waals surface area contributed by atoms with Gasteiger partial charge in [-0.2, -0.15) is 4.57 Å². The van der Waals surface area contributed by atoms with Crippen molar-refractivity contribution in [3.05, 3.63) is 53.7 Å². The van der Waals surface area contributed by atoms with Gasteiger partial charge in [0.05, 0.1) is 11.8 Å². The predicted octanol–water partition coefficient (Wildman–Crippen LogP) is 4.07. The standard InChI is InChI=1S/C29H38N4O5/c1-7-20(16-30-28(36)38-29(3,4)5)27(35)37-18-33-15-14-32(19(33)2)17-21-12-13-24-25(26(21)34)22-10-8-9-11-23(22)31(24)6/h8-11,14-15,20-21H,7,12-13,16-18H2,1-6H3/p+1. The van der Waals surface area contributed by atoms with Crippen molar-refractivity contribution in [2.24, 2.45) is 18.9 Å². The van der Waals surface area contributed by atoms with E-state index in [1.54, 1.807) is 20.8 Å². The van der Waals surface area contributed by atoms with E-state index in [9.17, 15) is 14.4 Å². The minimum absolute atomic E-state index is 0.0622. The molecule has 2 atom stereocenters. The van der Waals surface area contributed by atoms with Crippen LogP contribution in [0.25, 0.3) is 10.9 Å². The normalized spacial score (nSPS) is 16.3. The van der Waals surface area contributed by atoms with Gasteiger partial charge < -0.3 is 19.4 Å². The zero-order valence-electron chi connectivity index (χ0n) is 23.2. The zero-order chi connectivity index (χ0) is 27.6. The summed E-state index contributed by atoms with van der Waals surface area (Å²) < 4.78 is 16.9. The summed E-state index contributed by atoms with van der Waals surface area (Å²) in [6, 6.07) is 8.08. The van der Waals surface area contributed by atoms with Crippen LogP contribution < -0.4 is 9.88 Å². The molecule has 1 N–H and O–H groups in total. The molecule has 2 aromatic heterocycles. The molecule has 9 heteroatoms. The highest BCUT2D eigenvalue weighted by atomic mass is 16.6. The first-order valence-electron chi connectivity index (χ1n) is 13.3. The Balaban J connectivity index is 1.36. The van der Waals surface area contributed by atoms with Crippen LogP contribution in [0.1, 0.15) is 62.4 Å². The van der Waals surface area contributed by atoms with Gasteiger partial charge in [-0.15, -0.1) is 0 Å². The van der Waals surface area contributed by atoms with Crippen molar-refractivity contribution in [1.82, 2.24) is 14.5 Å². The molecule has 0 saturated heterocycles. The number of ether oxygens (including phenoxy) is 2. The summed E-state index contributed by atoms with van der Waals surface area (Å²) in [5.74, 6) is 0.125. The topological polar surface area (TPSA) is 95.4 Å². The Hall–Kier alpha value is -3.62. The molecular formula is C29H39N4O5+. The van der Waals surface area contributed by atoms with Crippen molar-refractivity contribution in [3.63, 3.8) is 0 Å². The molecule has 0 aliphatic heterocycles. The number of amides is 1. The minimum atomic E-state index is -0.604. The van der Waals surface area contributed by atoms with Crippen LogP contribution >= 0.6 is 0 Å². The summed E-state index contributed by atoms with van der Waals surface area (Å²) in [5.41, 5.74) is 2.46. The van der Waals surface area contributed by atoms with Crippen LogP contribution in [0.15, 0.2) is 36.7 Å². The third-order valence-corrected chi connectivity index (χ3v) is 7.31. The Morgan fingerprint density at radius 1 is 1.24 bits per heavy atom. The Morgan fingerprint density at radius 2 is 1.97 bits per heavy atom. The van der Waals surface area contributed by atoms with E-state index in [-0.39, 0.29) is 30.9 Å². The number of hydrogen-bond acceptors (Lipinski definition) is 5. The quantitative estimate of drug-likeness (QED) is 0.355. The van der Waals surface area contributed by atoms with Gasteiger partial charge in [-0.3, -0.25) is 9.59 Å². The van der Waals surface area contributed by atoms with E-state index in [2.05, 4.69) is 16.0 Å². The Bertz CT molecular complexity index is 1350. The van der Waals surface area contributed by atoms with E-state index in [0.29, 0.717) is 13.0 Å². The predicted molar refractivity (Wildman–Crippen MR) is 143 cm³/mol. The number of Topliss-reactive ketones (excluding diaryl/α,β-unsaturated/α-hetero) is 1. The van der Waals surface area contributed by atoms with E-state index >= 15 is 0 Å². The largest absolute Gasteiger partial charge is 0.444 e. The van der Waals surface area contributed by atoms with Gasteiger partial charge in [-0.25, -0.2) is 9.36 Å². The summed E-state index contributed by atoms with van der Waals surface area (Å²) in [5, 5.41) is 3.67. The smallest absolute Gasteiger partial charge is 0.407 e. The number of ketones is 1. The summed E-state index contributed by atoms with van der Waals surface area (Å²) in [6.07, 6.45) is 5.42. The maximum atomic E-state index is 13.5. The van der Waals surface area contributed by atoms with Crippen LogP contribution in [0.4, 0.5) is 4.79 Å². The fourth-order valence-electron chi connectivity index (χ4n) is 5.11.